The Labute approximate surface area is 136 Å². The van der Waals surface area contributed by atoms with E-state index >= 15 is 0 Å². The van der Waals surface area contributed by atoms with E-state index in [4.69, 9.17) is 0 Å². The van der Waals surface area contributed by atoms with E-state index in [2.05, 4.69) is 35.1 Å². The molecule has 1 aromatic rings. The van der Waals surface area contributed by atoms with Gasteiger partial charge in [-0.15, -0.1) is 11.3 Å². The summed E-state index contributed by atoms with van der Waals surface area (Å²) in [4.78, 5) is 27.1. The van der Waals surface area contributed by atoms with Crippen LogP contribution in [0.25, 0.3) is 0 Å². The molecule has 1 saturated heterocycles. The van der Waals surface area contributed by atoms with E-state index < -0.39 is 0 Å². The van der Waals surface area contributed by atoms with Gasteiger partial charge in [-0.3, -0.25) is 4.79 Å². The van der Waals surface area contributed by atoms with Gasteiger partial charge >= 0.3 is 6.03 Å². The summed E-state index contributed by atoms with van der Waals surface area (Å²) in [5.74, 6) is 0.360. The monoisotopic (exact) mass is 323 g/mol. The Morgan fingerprint density at radius 1 is 1.50 bits per heavy atom. The number of hydrogen-bond donors (Lipinski definition) is 2. The molecule has 2 rings (SSSR count). The van der Waals surface area contributed by atoms with E-state index in [0.29, 0.717) is 19.0 Å². The molecule has 1 fully saturated rings. The number of amides is 3. The van der Waals surface area contributed by atoms with E-state index in [1.54, 1.807) is 23.3 Å². The van der Waals surface area contributed by atoms with Crippen LogP contribution in [0.5, 0.6) is 0 Å². The first-order valence-electron chi connectivity index (χ1n) is 7.87. The van der Waals surface area contributed by atoms with E-state index in [0.717, 1.165) is 25.8 Å². The van der Waals surface area contributed by atoms with Gasteiger partial charge in [0.2, 0.25) is 5.91 Å². The zero-order valence-corrected chi connectivity index (χ0v) is 14.1. The minimum atomic E-state index is -0.0759. The first kappa shape index (κ1) is 16.8. The lowest BCUT2D eigenvalue weighted by Crippen LogP contribution is -2.49. The Kier molecular flexibility index (Phi) is 6.24. The van der Waals surface area contributed by atoms with Crippen LogP contribution in [0.15, 0.2) is 17.5 Å². The predicted octanol–water partition coefficient (Wildman–Crippen LogP) is 2.09. The largest absolute Gasteiger partial charge is 0.359 e. The number of carbonyl (C=O) groups excluding carboxylic acids is 2. The molecule has 0 bridgehead atoms. The molecule has 0 aliphatic carbocycles. The third-order valence-electron chi connectivity index (χ3n) is 4.06. The summed E-state index contributed by atoms with van der Waals surface area (Å²) in [7, 11) is 1.65. The van der Waals surface area contributed by atoms with Crippen molar-refractivity contribution in [2.75, 3.05) is 26.7 Å². The van der Waals surface area contributed by atoms with Gasteiger partial charge in [0, 0.05) is 31.6 Å². The highest BCUT2D eigenvalue weighted by Gasteiger charge is 2.27. The molecule has 2 N–H and O–H groups in total. The highest BCUT2D eigenvalue weighted by atomic mass is 32.1. The maximum Gasteiger partial charge on any atom is 0.317 e. The number of carbonyl (C=O) groups is 2. The second-order valence-corrected chi connectivity index (χ2v) is 7.01. The lowest BCUT2D eigenvalue weighted by Gasteiger charge is -2.32. The number of thiophene rings is 1. The van der Waals surface area contributed by atoms with Crippen LogP contribution in [-0.4, -0.2) is 43.5 Å². The van der Waals surface area contributed by atoms with E-state index in [9.17, 15) is 9.59 Å². The molecule has 1 aromatic heterocycles. The number of piperidine rings is 1. The smallest absolute Gasteiger partial charge is 0.317 e. The SMILES string of the molecule is CNC(=O)[C@@H]1CCCN(C(=O)NC[C@H](C)Cc2cccs2)C1. The van der Waals surface area contributed by atoms with Crippen LogP contribution < -0.4 is 10.6 Å². The number of nitrogens with one attached hydrogen (secondary N) is 2. The number of likely N-dealkylation sites (tertiary alicyclic amines) is 1. The van der Waals surface area contributed by atoms with Crippen LogP contribution in [0, 0.1) is 11.8 Å². The number of nitrogens with zero attached hydrogens (tertiary/aromatic N) is 1. The van der Waals surface area contributed by atoms with Crippen LogP contribution in [0.1, 0.15) is 24.6 Å². The highest BCUT2D eigenvalue weighted by molar-refractivity contribution is 7.09. The van der Waals surface area contributed by atoms with Crippen LogP contribution in [0.2, 0.25) is 0 Å². The van der Waals surface area contributed by atoms with Crippen LogP contribution >= 0.6 is 11.3 Å². The molecule has 122 valence electrons. The molecule has 0 saturated carbocycles. The standard InChI is InChI=1S/C16H25N3O2S/c1-12(9-14-6-4-8-22-14)10-18-16(21)19-7-3-5-13(11-19)15(20)17-2/h4,6,8,12-13H,3,5,7,9-11H2,1-2H3,(H,17,20)(H,18,21)/t12-,13-/m1/s1. The normalized spacial score (nSPS) is 19.5. The molecule has 0 spiro atoms. The van der Waals surface area contributed by atoms with E-state index in [1.807, 2.05) is 0 Å². The summed E-state index contributed by atoms with van der Waals surface area (Å²) >= 11 is 1.75. The minimum absolute atomic E-state index is 0.0311. The van der Waals surface area contributed by atoms with Crippen molar-refractivity contribution in [2.45, 2.75) is 26.2 Å². The zero-order valence-electron chi connectivity index (χ0n) is 13.3. The van der Waals surface area contributed by atoms with Gasteiger partial charge in [0.05, 0.1) is 5.92 Å². The molecule has 1 aliphatic rings. The molecule has 3 amide bonds. The van der Waals surface area contributed by atoms with Gasteiger partial charge in [0.15, 0.2) is 0 Å². The van der Waals surface area contributed by atoms with Gasteiger partial charge in [-0.05, 0) is 36.6 Å². The molecular formula is C16H25N3O2S. The topological polar surface area (TPSA) is 61.4 Å². The molecule has 0 unspecified atom stereocenters. The molecular weight excluding hydrogens is 298 g/mol. The zero-order chi connectivity index (χ0) is 15.9. The molecule has 1 aliphatic heterocycles. The summed E-state index contributed by atoms with van der Waals surface area (Å²) in [6.07, 6.45) is 2.73. The summed E-state index contributed by atoms with van der Waals surface area (Å²) in [6.45, 7) is 4.06. The Morgan fingerprint density at radius 3 is 3.00 bits per heavy atom. The predicted molar refractivity (Wildman–Crippen MR) is 88.9 cm³/mol. The Hall–Kier alpha value is -1.56. The van der Waals surface area contributed by atoms with Crippen molar-refractivity contribution < 1.29 is 9.59 Å². The first-order valence-corrected chi connectivity index (χ1v) is 8.75. The summed E-state index contributed by atoms with van der Waals surface area (Å²) in [5, 5.41) is 7.75. The van der Waals surface area contributed by atoms with E-state index in [-0.39, 0.29) is 17.9 Å². The Morgan fingerprint density at radius 2 is 2.32 bits per heavy atom. The lowest BCUT2D eigenvalue weighted by atomic mass is 9.97. The number of hydrogen-bond acceptors (Lipinski definition) is 3. The van der Waals surface area contributed by atoms with Crippen LogP contribution in [0.3, 0.4) is 0 Å². The fraction of sp³-hybridized carbons (Fsp3) is 0.625. The molecule has 0 radical (unpaired) electrons. The van der Waals surface area contributed by atoms with Gasteiger partial charge in [-0.1, -0.05) is 13.0 Å². The average Bonchev–Trinajstić information content (AvgIpc) is 3.04. The molecule has 5 nitrogen and oxygen atoms in total. The molecule has 22 heavy (non-hydrogen) atoms. The summed E-state index contributed by atoms with van der Waals surface area (Å²) in [5.41, 5.74) is 0. The fourth-order valence-electron chi connectivity index (χ4n) is 2.80. The van der Waals surface area contributed by atoms with Gasteiger partial charge < -0.3 is 15.5 Å². The fourth-order valence-corrected chi connectivity index (χ4v) is 3.67. The van der Waals surface area contributed by atoms with Crippen LogP contribution in [0.4, 0.5) is 4.79 Å². The highest BCUT2D eigenvalue weighted by Crippen LogP contribution is 2.17. The summed E-state index contributed by atoms with van der Waals surface area (Å²) < 4.78 is 0. The first-order chi connectivity index (χ1) is 10.6. The maximum absolute atomic E-state index is 12.2. The Balaban J connectivity index is 1.75. The van der Waals surface area contributed by atoms with Gasteiger partial charge in [0.25, 0.3) is 0 Å². The molecule has 2 heterocycles. The number of urea groups is 1. The van der Waals surface area contributed by atoms with Crippen molar-refractivity contribution in [1.82, 2.24) is 15.5 Å². The van der Waals surface area contributed by atoms with Crippen molar-refractivity contribution in [1.29, 1.82) is 0 Å². The molecule has 2 atom stereocenters. The molecule has 6 heteroatoms. The van der Waals surface area contributed by atoms with Gasteiger partial charge in [0.1, 0.15) is 0 Å². The van der Waals surface area contributed by atoms with Crippen LogP contribution in [-0.2, 0) is 11.2 Å². The maximum atomic E-state index is 12.2. The lowest BCUT2D eigenvalue weighted by molar-refractivity contribution is -0.125. The van der Waals surface area contributed by atoms with Crippen molar-refractivity contribution in [2.24, 2.45) is 11.8 Å². The average molecular weight is 323 g/mol. The second-order valence-electron chi connectivity index (χ2n) is 5.97. The second kappa shape index (κ2) is 8.17. The molecule has 0 aromatic carbocycles. The Bertz CT molecular complexity index is 490. The third kappa shape index (κ3) is 4.73. The van der Waals surface area contributed by atoms with Crippen molar-refractivity contribution >= 4 is 23.3 Å². The minimum Gasteiger partial charge on any atom is -0.359 e. The van der Waals surface area contributed by atoms with Crippen molar-refractivity contribution in [3.8, 4) is 0 Å². The van der Waals surface area contributed by atoms with E-state index in [1.165, 1.54) is 4.88 Å². The third-order valence-corrected chi connectivity index (χ3v) is 4.96. The number of rotatable bonds is 5. The van der Waals surface area contributed by atoms with Gasteiger partial charge in [-0.2, -0.15) is 0 Å². The van der Waals surface area contributed by atoms with Gasteiger partial charge in [-0.25, -0.2) is 4.79 Å². The van der Waals surface area contributed by atoms with Crippen molar-refractivity contribution in [3.63, 3.8) is 0 Å². The summed E-state index contributed by atoms with van der Waals surface area (Å²) in [6, 6.07) is 4.13. The quantitative estimate of drug-likeness (QED) is 0.872. The van der Waals surface area contributed by atoms with Crippen molar-refractivity contribution in [3.05, 3.63) is 22.4 Å².